The first-order valence-electron chi connectivity index (χ1n) is 9.42. The Morgan fingerprint density at radius 2 is 1.83 bits per heavy atom. The Labute approximate surface area is 181 Å². The number of nitrogens with zero attached hydrogens (tertiary/aromatic N) is 1. The zero-order chi connectivity index (χ0) is 21.5. The van der Waals surface area contributed by atoms with Gasteiger partial charge in [0.25, 0.3) is 5.91 Å². The SMILES string of the molecule is Cc1ccc(NC(=O)/C(C#N)=C/c2ccc(OCc3cccc(Cl)c3)cc2)cc1C. The van der Waals surface area contributed by atoms with E-state index in [0.717, 1.165) is 22.3 Å². The van der Waals surface area contributed by atoms with Crippen molar-refractivity contribution in [2.45, 2.75) is 20.5 Å². The van der Waals surface area contributed by atoms with Crippen LogP contribution < -0.4 is 10.1 Å². The van der Waals surface area contributed by atoms with Crippen molar-refractivity contribution < 1.29 is 9.53 Å². The van der Waals surface area contributed by atoms with Crippen LogP contribution in [0.3, 0.4) is 0 Å². The van der Waals surface area contributed by atoms with Crippen LogP contribution in [0, 0.1) is 25.2 Å². The Bertz CT molecular complexity index is 1130. The molecular weight excluding hydrogens is 396 g/mol. The van der Waals surface area contributed by atoms with Gasteiger partial charge in [-0.1, -0.05) is 41.9 Å². The summed E-state index contributed by atoms with van der Waals surface area (Å²) in [6.45, 7) is 4.38. The molecule has 0 unspecified atom stereocenters. The van der Waals surface area contributed by atoms with Crippen LogP contribution in [-0.2, 0) is 11.4 Å². The quantitative estimate of drug-likeness (QED) is 0.391. The topological polar surface area (TPSA) is 62.1 Å². The smallest absolute Gasteiger partial charge is 0.266 e. The normalized spacial score (nSPS) is 10.9. The molecule has 0 fully saturated rings. The van der Waals surface area contributed by atoms with Crippen LogP contribution in [0.25, 0.3) is 6.08 Å². The Morgan fingerprint density at radius 1 is 1.07 bits per heavy atom. The molecule has 0 heterocycles. The third-order valence-electron chi connectivity index (χ3n) is 4.62. The van der Waals surface area contributed by atoms with Crippen LogP contribution in [-0.4, -0.2) is 5.91 Å². The zero-order valence-electron chi connectivity index (χ0n) is 16.8. The number of hydrogen-bond donors (Lipinski definition) is 1. The molecule has 30 heavy (non-hydrogen) atoms. The van der Waals surface area contributed by atoms with Crippen LogP contribution in [0.2, 0.25) is 5.02 Å². The third-order valence-corrected chi connectivity index (χ3v) is 4.85. The summed E-state index contributed by atoms with van der Waals surface area (Å²) >= 11 is 5.98. The molecule has 0 aliphatic heterocycles. The number of carbonyl (C=O) groups is 1. The highest BCUT2D eigenvalue weighted by molar-refractivity contribution is 6.30. The molecule has 0 atom stereocenters. The molecule has 0 radical (unpaired) electrons. The lowest BCUT2D eigenvalue weighted by atomic mass is 10.1. The maximum Gasteiger partial charge on any atom is 0.266 e. The number of halogens is 1. The van der Waals surface area contributed by atoms with Gasteiger partial charge >= 0.3 is 0 Å². The molecule has 0 aliphatic rings. The maximum atomic E-state index is 12.5. The number of benzene rings is 3. The fourth-order valence-electron chi connectivity index (χ4n) is 2.79. The summed E-state index contributed by atoms with van der Waals surface area (Å²) in [5.41, 5.74) is 4.61. The van der Waals surface area contributed by atoms with Gasteiger partial charge in [0.15, 0.2) is 0 Å². The number of carbonyl (C=O) groups excluding carboxylic acids is 1. The van der Waals surface area contributed by atoms with Crippen molar-refractivity contribution in [1.82, 2.24) is 0 Å². The highest BCUT2D eigenvalue weighted by Gasteiger charge is 2.10. The lowest BCUT2D eigenvalue weighted by Crippen LogP contribution is -2.13. The zero-order valence-corrected chi connectivity index (χ0v) is 17.5. The van der Waals surface area contributed by atoms with Crippen molar-refractivity contribution in [2.24, 2.45) is 0 Å². The van der Waals surface area contributed by atoms with Crippen LogP contribution in [0.1, 0.15) is 22.3 Å². The standard InChI is InChI=1S/C25H21ClN2O2/c1-17-6-9-23(12-18(17)2)28-25(29)21(15-27)13-19-7-10-24(11-8-19)30-16-20-4-3-5-22(26)14-20/h3-14H,16H2,1-2H3,(H,28,29)/b21-13+. The van der Waals surface area contributed by atoms with Gasteiger partial charge in [0.05, 0.1) is 0 Å². The molecule has 3 rings (SSSR count). The van der Waals surface area contributed by atoms with Crippen molar-refractivity contribution in [2.75, 3.05) is 5.32 Å². The molecule has 0 saturated heterocycles. The fourth-order valence-corrected chi connectivity index (χ4v) is 3.00. The van der Waals surface area contributed by atoms with Crippen molar-refractivity contribution in [3.63, 3.8) is 0 Å². The minimum Gasteiger partial charge on any atom is -0.489 e. The molecule has 5 heteroatoms. The molecule has 0 saturated carbocycles. The molecule has 0 spiro atoms. The number of nitriles is 1. The lowest BCUT2D eigenvalue weighted by molar-refractivity contribution is -0.112. The molecule has 0 aromatic heterocycles. The van der Waals surface area contributed by atoms with Gasteiger partial charge in [-0.05, 0) is 78.6 Å². The number of hydrogen-bond acceptors (Lipinski definition) is 3. The largest absolute Gasteiger partial charge is 0.489 e. The van der Waals surface area contributed by atoms with Gasteiger partial charge in [0.2, 0.25) is 0 Å². The molecule has 3 aromatic carbocycles. The van der Waals surface area contributed by atoms with Gasteiger partial charge in [-0.2, -0.15) is 5.26 Å². The van der Waals surface area contributed by atoms with E-state index in [1.54, 1.807) is 30.3 Å². The first-order valence-corrected chi connectivity index (χ1v) is 9.80. The van der Waals surface area contributed by atoms with E-state index in [1.807, 2.05) is 62.4 Å². The second kappa shape index (κ2) is 9.78. The summed E-state index contributed by atoms with van der Waals surface area (Å²) in [4.78, 5) is 12.5. The van der Waals surface area contributed by atoms with Gasteiger partial charge in [-0.25, -0.2) is 0 Å². The predicted octanol–water partition coefficient (Wildman–Crippen LogP) is 6.08. The van der Waals surface area contributed by atoms with Gasteiger partial charge in [-0.15, -0.1) is 0 Å². The number of anilines is 1. The molecule has 4 nitrogen and oxygen atoms in total. The lowest BCUT2D eigenvalue weighted by Gasteiger charge is -2.08. The highest BCUT2D eigenvalue weighted by Crippen LogP contribution is 2.19. The van der Waals surface area contributed by atoms with Gasteiger partial charge in [0, 0.05) is 10.7 Å². The summed E-state index contributed by atoms with van der Waals surface area (Å²) in [6.07, 6.45) is 1.55. The number of rotatable bonds is 6. The molecular formula is C25H21ClN2O2. The van der Waals surface area contributed by atoms with Crippen LogP contribution >= 0.6 is 11.6 Å². The second-order valence-electron chi connectivity index (χ2n) is 6.91. The van der Waals surface area contributed by atoms with E-state index in [0.29, 0.717) is 23.1 Å². The fraction of sp³-hybridized carbons (Fsp3) is 0.120. The number of amides is 1. The minimum absolute atomic E-state index is 0.0285. The van der Waals surface area contributed by atoms with Gasteiger partial charge in [0.1, 0.15) is 24.0 Å². The summed E-state index contributed by atoms with van der Waals surface area (Å²) in [5.74, 6) is 0.243. The molecule has 1 N–H and O–H groups in total. The average molecular weight is 417 g/mol. The molecule has 0 bridgehead atoms. The van der Waals surface area contributed by atoms with Crippen LogP contribution in [0.5, 0.6) is 5.75 Å². The van der Waals surface area contributed by atoms with Crippen LogP contribution in [0.15, 0.2) is 72.3 Å². The van der Waals surface area contributed by atoms with Crippen LogP contribution in [0.4, 0.5) is 5.69 Å². The van der Waals surface area contributed by atoms with Crippen molar-refractivity contribution in [3.05, 3.63) is 99.6 Å². The van der Waals surface area contributed by atoms with E-state index in [9.17, 15) is 10.1 Å². The number of aryl methyl sites for hydroxylation is 2. The molecule has 150 valence electrons. The average Bonchev–Trinajstić information content (AvgIpc) is 2.74. The summed E-state index contributed by atoms with van der Waals surface area (Å²) in [7, 11) is 0. The van der Waals surface area contributed by atoms with E-state index < -0.39 is 5.91 Å². The predicted molar refractivity (Wildman–Crippen MR) is 120 cm³/mol. The van der Waals surface area contributed by atoms with Crippen molar-refractivity contribution >= 4 is 29.3 Å². The van der Waals surface area contributed by atoms with E-state index in [4.69, 9.17) is 16.3 Å². The van der Waals surface area contributed by atoms with E-state index in [-0.39, 0.29) is 5.57 Å². The molecule has 1 amide bonds. The first-order chi connectivity index (χ1) is 14.4. The summed E-state index contributed by atoms with van der Waals surface area (Å²) < 4.78 is 5.76. The highest BCUT2D eigenvalue weighted by atomic mass is 35.5. The first kappa shape index (κ1) is 21.2. The Balaban J connectivity index is 1.65. The Hall–Kier alpha value is -3.55. The summed E-state index contributed by atoms with van der Waals surface area (Å²) in [5, 5.41) is 12.8. The minimum atomic E-state index is -0.443. The Kier molecular flexibility index (Phi) is 6.90. The van der Waals surface area contributed by atoms with E-state index in [2.05, 4.69) is 5.32 Å². The second-order valence-corrected chi connectivity index (χ2v) is 7.35. The van der Waals surface area contributed by atoms with E-state index >= 15 is 0 Å². The third kappa shape index (κ3) is 5.73. The molecule has 0 aliphatic carbocycles. The number of nitrogens with one attached hydrogen (secondary N) is 1. The summed E-state index contributed by atoms with van der Waals surface area (Å²) in [6, 6.07) is 22.3. The molecule has 3 aromatic rings. The van der Waals surface area contributed by atoms with Crippen molar-refractivity contribution in [3.8, 4) is 11.8 Å². The van der Waals surface area contributed by atoms with Gasteiger partial charge in [-0.3, -0.25) is 4.79 Å². The Morgan fingerprint density at radius 3 is 2.50 bits per heavy atom. The van der Waals surface area contributed by atoms with Gasteiger partial charge < -0.3 is 10.1 Å². The van der Waals surface area contributed by atoms with Crippen molar-refractivity contribution in [1.29, 1.82) is 5.26 Å². The maximum absolute atomic E-state index is 12.5. The monoisotopic (exact) mass is 416 g/mol. The van der Waals surface area contributed by atoms with E-state index in [1.165, 1.54) is 0 Å². The number of ether oxygens (including phenoxy) is 1.